The normalized spacial score (nSPS) is 11.4. The highest BCUT2D eigenvalue weighted by Crippen LogP contribution is 2.38. The molecule has 5 nitrogen and oxygen atoms in total. The maximum Gasteiger partial charge on any atom is 0.242 e. The molecular weight excluding hydrogens is 492 g/mol. The number of benzene rings is 4. The highest BCUT2D eigenvalue weighted by atomic mass is 35.5. The van der Waals surface area contributed by atoms with Gasteiger partial charge < -0.3 is 15.4 Å². The lowest BCUT2D eigenvalue weighted by atomic mass is 10.1. The largest absolute Gasteiger partial charge is 0.495 e. The third-order valence-corrected chi connectivity index (χ3v) is 6.86. The van der Waals surface area contributed by atoms with E-state index in [1.807, 2.05) is 84.9 Å². The Hall–Kier alpha value is -3.74. The fourth-order valence-corrected chi connectivity index (χ4v) is 4.81. The number of carbonyl (C=O) groups is 2. The van der Waals surface area contributed by atoms with Gasteiger partial charge in [-0.2, -0.15) is 0 Å². The van der Waals surface area contributed by atoms with E-state index in [1.54, 1.807) is 25.3 Å². The Balaban J connectivity index is 1.47. The molecule has 2 N–H and O–H groups in total. The van der Waals surface area contributed by atoms with Crippen LogP contribution in [-0.4, -0.2) is 18.9 Å². The molecule has 0 radical (unpaired) electrons. The Labute approximate surface area is 219 Å². The molecule has 182 valence electrons. The highest BCUT2D eigenvalue weighted by Gasteiger charge is 2.23. The SMILES string of the molecule is COc1ccc(Cl)cc1NC(=O)C(Sc1ccc(NC(=O)Cc2ccccc2)cc1)c1ccccc1. The molecule has 0 bridgehead atoms. The minimum Gasteiger partial charge on any atom is -0.495 e. The number of rotatable bonds is 9. The monoisotopic (exact) mass is 516 g/mol. The lowest BCUT2D eigenvalue weighted by Crippen LogP contribution is -2.19. The van der Waals surface area contributed by atoms with E-state index >= 15 is 0 Å². The van der Waals surface area contributed by atoms with Gasteiger partial charge in [0, 0.05) is 15.6 Å². The Bertz CT molecular complexity index is 1320. The number of nitrogens with one attached hydrogen (secondary N) is 2. The average molecular weight is 517 g/mol. The van der Waals surface area contributed by atoms with Crippen LogP contribution < -0.4 is 15.4 Å². The number of hydrogen-bond donors (Lipinski definition) is 2. The van der Waals surface area contributed by atoms with Crippen LogP contribution in [0.3, 0.4) is 0 Å². The van der Waals surface area contributed by atoms with Crippen LogP contribution in [-0.2, 0) is 16.0 Å². The number of amides is 2. The third kappa shape index (κ3) is 6.90. The topological polar surface area (TPSA) is 67.4 Å². The summed E-state index contributed by atoms with van der Waals surface area (Å²) in [6.45, 7) is 0. The van der Waals surface area contributed by atoms with Crippen LogP contribution in [0.25, 0.3) is 0 Å². The van der Waals surface area contributed by atoms with Gasteiger partial charge >= 0.3 is 0 Å². The second-order valence-electron chi connectivity index (χ2n) is 7.98. The minimum absolute atomic E-state index is 0.0846. The second kappa shape index (κ2) is 12.3. The maximum atomic E-state index is 13.4. The van der Waals surface area contributed by atoms with Gasteiger partial charge in [0.05, 0.1) is 19.2 Å². The highest BCUT2D eigenvalue weighted by molar-refractivity contribution is 8.00. The number of anilines is 2. The number of ether oxygens (including phenoxy) is 1. The van der Waals surface area contributed by atoms with Crippen molar-refractivity contribution >= 4 is 46.6 Å². The van der Waals surface area contributed by atoms with Gasteiger partial charge in [0.1, 0.15) is 11.0 Å². The van der Waals surface area contributed by atoms with Crippen LogP contribution in [0.5, 0.6) is 5.75 Å². The van der Waals surface area contributed by atoms with Crippen LogP contribution in [0.15, 0.2) is 108 Å². The summed E-state index contributed by atoms with van der Waals surface area (Å²) >= 11 is 7.56. The van der Waals surface area contributed by atoms with Crippen molar-refractivity contribution in [3.05, 3.63) is 119 Å². The maximum absolute atomic E-state index is 13.4. The number of hydrogen-bond acceptors (Lipinski definition) is 4. The first-order chi connectivity index (χ1) is 17.5. The van der Waals surface area contributed by atoms with E-state index in [-0.39, 0.29) is 11.8 Å². The summed E-state index contributed by atoms with van der Waals surface area (Å²) in [5, 5.41) is 5.86. The molecule has 0 saturated heterocycles. The summed E-state index contributed by atoms with van der Waals surface area (Å²) in [5.41, 5.74) is 3.02. The van der Waals surface area contributed by atoms with Crippen LogP contribution in [0.1, 0.15) is 16.4 Å². The third-order valence-electron chi connectivity index (χ3n) is 5.36. The standard InChI is InChI=1S/C29H25ClN2O3S/c1-35-26-17-12-22(30)19-25(26)32-29(34)28(21-10-6-3-7-11-21)36-24-15-13-23(14-16-24)31-27(33)18-20-8-4-2-5-9-20/h2-17,19,28H,18H2,1H3,(H,31,33)(H,32,34). The molecule has 1 atom stereocenters. The van der Waals surface area contributed by atoms with Gasteiger partial charge in [0.25, 0.3) is 0 Å². The van der Waals surface area contributed by atoms with Crippen LogP contribution in [0.4, 0.5) is 11.4 Å². The van der Waals surface area contributed by atoms with Crippen molar-refractivity contribution in [3.8, 4) is 5.75 Å². The number of methoxy groups -OCH3 is 1. The Morgan fingerprint density at radius 1 is 0.861 bits per heavy atom. The Morgan fingerprint density at radius 2 is 1.53 bits per heavy atom. The average Bonchev–Trinajstić information content (AvgIpc) is 2.89. The quantitative estimate of drug-likeness (QED) is 0.235. The molecule has 4 aromatic carbocycles. The molecule has 2 amide bonds. The summed E-state index contributed by atoms with van der Waals surface area (Å²) < 4.78 is 5.37. The lowest BCUT2D eigenvalue weighted by molar-refractivity contribution is -0.116. The van der Waals surface area contributed by atoms with Gasteiger partial charge in [-0.25, -0.2) is 0 Å². The molecule has 0 aliphatic rings. The van der Waals surface area contributed by atoms with E-state index in [1.165, 1.54) is 11.8 Å². The Kier molecular flexibility index (Phi) is 8.66. The summed E-state index contributed by atoms with van der Waals surface area (Å²) in [4.78, 5) is 26.7. The molecule has 0 aromatic heterocycles. The van der Waals surface area contributed by atoms with Crippen molar-refractivity contribution < 1.29 is 14.3 Å². The van der Waals surface area contributed by atoms with E-state index in [4.69, 9.17) is 16.3 Å². The predicted octanol–water partition coefficient (Wildman–Crippen LogP) is 7.00. The van der Waals surface area contributed by atoms with E-state index in [0.717, 1.165) is 16.0 Å². The summed E-state index contributed by atoms with van der Waals surface area (Å²) in [7, 11) is 1.54. The van der Waals surface area contributed by atoms with Crippen molar-refractivity contribution in [3.63, 3.8) is 0 Å². The first kappa shape index (κ1) is 25.4. The van der Waals surface area contributed by atoms with Crippen LogP contribution in [0.2, 0.25) is 5.02 Å². The molecule has 7 heteroatoms. The first-order valence-corrected chi connectivity index (χ1v) is 12.6. The summed E-state index contributed by atoms with van der Waals surface area (Å²) in [6.07, 6.45) is 0.306. The van der Waals surface area contributed by atoms with Crippen LogP contribution >= 0.6 is 23.4 Å². The summed E-state index contributed by atoms with van der Waals surface area (Å²) in [5.74, 6) is 0.241. The molecule has 1 unspecified atom stereocenters. The van der Waals surface area contributed by atoms with Gasteiger partial charge in [-0.3, -0.25) is 9.59 Å². The fraction of sp³-hybridized carbons (Fsp3) is 0.103. The smallest absolute Gasteiger partial charge is 0.242 e. The van der Waals surface area contributed by atoms with E-state index in [2.05, 4.69) is 10.6 Å². The van der Waals surface area contributed by atoms with E-state index in [0.29, 0.717) is 28.6 Å². The molecule has 36 heavy (non-hydrogen) atoms. The second-order valence-corrected chi connectivity index (χ2v) is 9.59. The van der Waals surface area contributed by atoms with Crippen molar-refractivity contribution in [2.45, 2.75) is 16.6 Å². The van der Waals surface area contributed by atoms with Crippen molar-refractivity contribution in [2.75, 3.05) is 17.7 Å². The van der Waals surface area contributed by atoms with Gasteiger partial charge in [-0.15, -0.1) is 11.8 Å². The summed E-state index contributed by atoms with van der Waals surface area (Å²) in [6, 6.07) is 31.7. The molecule has 0 spiro atoms. The van der Waals surface area contributed by atoms with E-state index < -0.39 is 5.25 Å². The number of halogens is 1. The first-order valence-electron chi connectivity index (χ1n) is 11.3. The molecular formula is C29H25ClN2O3S. The van der Waals surface area contributed by atoms with Crippen molar-refractivity contribution in [2.24, 2.45) is 0 Å². The zero-order chi connectivity index (χ0) is 25.3. The van der Waals surface area contributed by atoms with Gasteiger partial charge in [0.15, 0.2) is 0 Å². The molecule has 0 aliphatic carbocycles. The Morgan fingerprint density at radius 3 is 2.19 bits per heavy atom. The van der Waals surface area contributed by atoms with Crippen molar-refractivity contribution in [1.29, 1.82) is 0 Å². The lowest BCUT2D eigenvalue weighted by Gasteiger charge is -2.18. The van der Waals surface area contributed by atoms with Gasteiger partial charge in [0.2, 0.25) is 11.8 Å². The van der Waals surface area contributed by atoms with Crippen molar-refractivity contribution in [1.82, 2.24) is 0 Å². The molecule has 0 heterocycles. The minimum atomic E-state index is -0.520. The number of thioether (sulfide) groups is 1. The zero-order valence-corrected chi connectivity index (χ0v) is 21.2. The molecule has 4 rings (SSSR count). The zero-order valence-electron chi connectivity index (χ0n) is 19.6. The fourth-order valence-electron chi connectivity index (χ4n) is 3.62. The molecule has 0 aliphatic heterocycles. The van der Waals surface area contributed by atoms with Crippen LogP contribution in [0, 0.1) is 0 Å². The molecule has 0 saturated carbocycles. The van der Waals surface area contributed by atoms with Gasteiger partial charge in [-0.05, 0) is 53.6 Å². The molecule has 4 aromatic rings. The number of carbonyl (C=O) groups excluding carboxylic acids is 2. The van der Waals surface area contributed by atoms with Gasteiger partial charge in [-0.1, -0.05) is 72.3 Å². The molecule has 0 fully saturated rings. The van der Waals surface area contributed by atoms with E-state index in [9.17, 15) is 9.59 Å². The predicted molar refractivity (Wildman–Crippen MR) is 147 cm³/mol.